The van der Waals surface area contributed by atoms with Crippen LogP contribution in [0.3, 0.4) is 0 Å². The molecule has 0 spiro atoms. The first-order valence-electron chi connectivity index (χ1n) is 10.1. The molecule has 2 heterocycles. The molecule has 0 fully saturated rings. The molecule has 0 aliphatic rings. The van der Waals surface area contributed by atoms with Crippen LogP contribution in [-0.2, 0) is 22.7 Å². The third kappa shape index (κ3) is 5.35. The fourth-order valence-corrected chi connectivity index (χ4v) is 5.73. The van der Waals surface area contributed by atoms with Crippen molar-refractivity contribution in [3.63, 3.8) is 0 Å². The number of rotatable bonds is 7. The van der Waals surface area contributed by atoms with Gasteiger partial charge in [0, 0.05) is 17.1 Å². The molecule has 0 unspecified atom stereocenters. The van der Waals surface area contributed by atoms with Crippen LogP contribution < -0.4 is 4.31 Å². The first-order chi connectivity index (χ1) is 17.0. The lowest BCUT2D eigenvalue weighted by Crippen LogP contribution is -2.32. The number of halogens is 4. The van der Waals surface area contributed by atoms with E-state index in [0.29, 0.717) is 23.0 Å². The van der Waals surface area contributed by atoms with E-state index in [1.165, 1.54) is 11.3 Å². The van der Waals surface area contributed by atoms with E-state index in [-0.39, 0.29) is 17.0 Å². The Morgan fingerprint density at radius 1 is 1.08 bits per heavy atom. The molecule has 0 amide bonds. The number of benzene rings is 2. The van der Waals surface area contributed by atoms with Crippen LogP contribution in [0.25, 0.3) is 10.6 Å². The summed E-state index contributed by atoms with van der Waals surface area (Å²) in [5.41, 5.74) is -0.168. The molecule has 7 nitrogen and oxygen atoms in total. The highest BCUT2D eigenvalue weighted by atomic mass is 35.5. The Balaban J connectivity index is 1.78. The Morgan fingerprint density at radius 3 is 2.33 bits per heavy atom. The summed E-state index contributed by atoms with van der Waals surface area (Å²) in [7, 11) is -4.44. The minimum atomic E-state index is -4.73. The van der Waals surface area contributed by atoms with Crippen LogP contribution in [0.1, 0.15) is 21.6 Å². The molecule has 4 rings (SSSR count). The molecule has 0 saturated heterocycles. The molecule has 2 aromatic heterocycles. The lowest BCUT2D eigenvalue weighted by atomic mass is 10.2. The number of anilines is 1. The van der Waals surface area contributed by atoms with Crippen LogP contribution in [0.2, 0.25) is 5.02 Å². The normalized spacial score (nSPS) is 11.9. The second kappa shape index (κ2) is 9.88. The molecule has 1 N–H and O–H groups in total. The standard InChI is InChI=1S/C23H15ClF3N3O4S2/c24-19-10-16(23(25,26)27)11-28-20(19)30(36(33,34)18-8-6-15(7-9-18)22(31)32)12-17-13-35-21(29-17)14-4-2-1-3-5-14/h1-11,13H,12H2,(H,31,32). The fourth-order valence-electron chi connectivity index (χ4n) is 3.18. The van der Waals surface area contributed by atoms with Gasteiger partial charge >= 0.3 is 12.1 Å². The van der Waals surface area contributed by atoms with Gasteiger partial charge < -0.3 is 5.11 Å². The van der Waals surface area contributed by atoms with Crippen LogP contribution in [-0.4, -0.2) is 29.5 Å². The summed E-state index contributed by atoms with van der Waals surface area (Å²) in [5.74, 6) is -1.68. The molecular weight excluding hydrogens is 539 g/mol. The molecule has 13 heteroatoms. The SMILES string of the molecule is O=C(O)c1ccc(S(=O)(=O)N(Cc2csc(-c3ccccc3)n2)c2ncc(C(F)(F)F)cc2Cl)cc1. The number of carboxylic acid groups (broad SMARTS) is 1. The molecule has 186 valence electrons. The van der Waals surface area contributed by atoms with Crippen molar-refractivity contribution in [2.45, 2.75) is 17.6 Å². The van der Waals surface area contributed by atoms with Crippen molar-refractivity contribution in [3.05, 3.63) is 94.1 Å². The highest BCUT2D eigenvalue weighted by Crippen LogP contribution is 2.36. The summed E-state index contributed by atoms with van der Waals surface area (Å²) in [6.07, 6.45) is -4.24. The van der Waals surface area contributed by atoms with Gasteiger partial charge in [-0.15, -0.1) is 11.3 Å². The molecule has 0 bridgehead atoms. The van der Waals surface area contributed by atoms with Gasteiger partial charge in [0.15, 0.2) is 5.82 Å². The quantitative estimate of drug-likeness (QED) is 0.302. The summed E-state index contributed by atoms with van der Waals surface area (Å²) in [6, 6.07) is 14.1. The molecule has 36 heavy (non-hydrogen) atoms. The molecule has 0 aliphatic heterocycles. The number of thiazole rings is 1. The number of pyridine rings is 1. The zero-order valence-corrected chi connectivity index (χ0v) is 20.4. The van der Waals surface area contributed by atoms with Crippen LogP contribution in [0.5, 0.6) is 0 Å². The average Bonchev–Trinajstić information content (AvgIpc) is 3.31. The minimum Gasteiger partial charge on any atom is -0.478 e. The van der Waals surface area contributed by atoms with Gasteiger partial charge in [-0.2, -0.15) is 13.2 Å². The fraction of sp³-hybridized carbons (Fsp3) is 0.0870. The zero-order valence-electron chi connectivity index (χ0n) is 18.0. The Morgan fingerprint density at radius 2 is 1.75 bits per heavy atom. The maximum absolute atomic E-state index is 13.6. The minimum absolute atomic E-state index is 0.141. The van der Waals surface area contributed by atoms with E-state index in [9.17, 15) is 26.4 Å². The van der Waals surface area contributed by atoms with Gasteiger partial charge in [-0.3, -0.25) is 0 Å². The summed E-state index contributed by atoms with van der Waals surface area (Å²) in [4.78, 5) is 19.0. The van der Waals surface area contributed by atoms with Crippen LogP contribution >= 0.6 is 22.9 Å². The number of hydrogen-bond donors (Lipinski definition) is 1. The van der Waals surface area contributed by atoms with Gasteiger partial charge in [0.1, 0.15) is 5.01 Å². The van der Waals surface area contributed by atoms with Crippen molar-refractivity contribution >= 4 is 44.7 Å². The summed E-state index contributed by atoms with van der Waals surface area (Å²) < 4.78 is 67.2. The van der Waals surface area contributed by atoms with E-state index >= 15 is 0 Å². The Hall–Kier alpha value is -3.48. The largest absolute Gasteiger partial charge is 0.478 e. The van der Waals surface area contributed by atoms with E-state index in [1.54, 1.807) is 5.38 Å². The van der Waals surface area contributed by atoms with E-state index < -0.39 is 38.6 Å². The monoisotopic (exact) mass is 553 g/mol. The van der Waals surface area contributed by atoms with Gasteiger partial charge in [0.2, 0.25) is 0 Å². The highest BCUT2D eigenvalue weighted by molar-refractivity contribution is 7.92. The summed E-state index contributed by atoms with van der Waals surface area (Å²) in [5, 5.41) is 10.8. The second-order valence-electron chi connectivity index (χ2n) is 7.38. The summed E-state index contributed by atoms with van der Waals surface area (Å²) in [6.45, 7) is -0.384. The Labute approximate surface area is 212 Å². The van der Waals surface area contributed by atoms with Gasteiger partial charge in [-0.05, 0) is 30.3 Å². The topological polar surface area (TPSA) is 100 Å². The molecule has 4 aromatic rings. The predicted octanol–water partition coefficient (Wildman–Crippen LogP) is 5.97. The van der Waals surface area contributed by atoms with E-state index in [2.05, 4.69) is 9.97 Å². The molecular formula is C23H15ClF3N3O4S2. The number of carbonyl (C=O) groups is 1. The number of carboxylic acids is 1. The summed E-state index contributed by atoms with van der Waals surface area (Å²) >= 11 is 7.36. The van der Waals surface area contributed by atoms with Crippen molar-refractivity contribution in [1.82, 2.24) is 9.97 Å². The lowest BCUT2D eigenvalue weighted by molar-refractivity contribution is -0.137. The van der Waals surface area contributed by atoms with Crippen molar-refractivity contribution in [3.8, 4) is 10.6 Å². The Bertz CT molecular complexity index is 1510. The first kappa shape index (κ1) is 25.6. The number of aromatic nitrogens is 2. The molecule has 0 atom stereocenters. The average molecular weight is 554 g/mol. The third-order valence-electron chi connectivity index (χ3n) is 4.95. The highest BCUT2D eigenvalue weighted by Gasteiger charge is 2.34. The molecule has 0 radical (unpaired) electrons. The van der Waals surface area contributed by atoms with Crippen LogP contribution in [0.15, 0.2) is 77.1 Å². The van der Waals surface area contributed by atoms with Crippen molar-refractivity contribution in [1.29, 1.82) is 0 Å². The molecule has 0 saturated carbocycles. The van der Waals surface area contributed by atoms with E-state index in [1.807, 2.05) is 30.3 Å². The predicted molar refractivity (Wildman–Crippen MR) is 129 cm³/mol. The van der Waals surface area contributed by atoms with Crippen molar-refractivity contribution < 1.29 is 31.5 Å². The molecule has 2 aromatic carbocycles. The number of nitrogens with zero attached hydrogens (tertiary/aromatic N) is 3. The van der Waals surface area contributed by atoms with E-state index in [0.717, 1.165) is 34.1 Å². The number of hydrogen-bond acceptors (Lipinski definition) is 6. The smallest absolute Gasteiger partial charge is 0.417 e. The van der Waals surface area contributed by atoms with Crippen LogP contribution in [0, 0.1) is 0 Å². The van der Waals surface area contributed by atoms with Gasteiger partial charge in [-0.1, -0.05) is 41.9 Å². The number of sulfonamides is 1. The van der Waals surface area contributed by atoms with Gasteiger partial charge in [0.05, 0.1) is 33.3 Å². The molecule has 0 aliphatic carbocycles. The lowest BCUT2D eigenvalue weighted by Gasteiger charge is -2.24. The van der Waals surface area contributed by atoms with Crippen molar-refractivity contribution in [2.75, 3.05) is 4.31 Å². The maximum Gasteiger partial charge on any atom is 0.417 e. The van der Waals surface area contributed by atoms with Crippen LogP contribution in [0.4, 0.5) is 19.0 Å². The van der Waals surface area contributed by atoms with Crippen molar-refractivity contribution in [2.24, 2.45) is 0 Å². The van der Waals surface area contributed by atoms with E-state index in [4.69, 9.17) is 16.7 Å². The van der Waals surface area contributed by atoms with Gasteiger partial charge in [-0.25, -0.2) is 27.5 Å². The van der Waals surface area contributed by atoms with Gasteiger partial charge in [0.25, 0.3) is 10.0 Å². The number of aromatic carboxylic acids is 1. The zero-order chi connectivity index (χ0) is 26.1. The number of alkyl halides is 3. The first-order valence-corrected chi connectivity index (χ1v) is 12.8. The Kier molecular flexibility index (Phi) is 7.03. The second-order valence-corrected chi connectivity index (χ2v) is 10.5. The third-order valence-corrected chi connectivity index (χ3v) is 7.92. The maximum atomic E-state index is 13.6.